The summed E-state index contributed by atoms with van der Waals surface area (Å²) < 4.78 is 10.2. The van der Waals surface area contributed by atoms with Crippen LogP contribution in [0.3, 0.4) is 0 Å². The number of rotatable bonds is 8. The molecular formula is C20H29NO4. The van der Waals surface area contributed by atoms with E-state index in [9.17, 15) is 9.59 Å². The topological polar surface area (TPSA) is 64.6 Å². The molecule has 0 bridgehead atoms. The molecule has 0 aromatic carbocycles. The largest absolute Gasteiger partial charge is 0.490 e. The van der Waals surface area contributed by atoms with Crippen molar-refractivity contribution in [3.63, 3.8) is 0 Å². The van der Waals surface area contributed by atoms with Crippen LogP contribution in [-0.4, -0.2) is 31.1 Å². The van der Waals surface area contributed by atoms with Crippen molar-refractivity contribution in [1.82, 2.24) is 5.32 Å². The summed E-state index contributed by atoms with van der Waals surface area (Å²) in [6.45, 7) is 8.09. The predicted octanol–water partition coefficient (Wildman–Crippen LogP) is 3.44. The molecule has 1 rings (SSSR count). The highest BCUT2D eigenvalue weighted by molar-refractivity contribution is 5.88. The van der Waals surface area contributed by atoms with Crippen molar-refractivity contribution in [1.29, 1.82) is 0 Å². The van der Waals surface area contributed by atoms with E-state index < -0.39 is 5.97 Å². The van der Waals surface area contributed by atoms with Crippen molar-refractivity contribution in [2.75, 3.05) is 7.11 Å². The number of methoxy groups -OCH3 is 1. The highest BCUT2D eigenvalue weighted by atomic mass is 16.6. The first-order valence-electron chi connectivity index (χ1n) is 8.60. The Labute approximate surface area is 150 Å². The lowest BCUT2D eigenvalue weighted by Crippen LogP contribution is -2.34. The van der Waals surface area contributed by atoms with E-state index in [0.29, 0.717) is 18.8 Å². The standard InChI is InChI=1S/C20H29NO4/c1-14(2)16(4)21-19(22)9-7-6-8-15(3)10-11-17-12-13-18(24-5)20(23)25-17/h6-10,13-14,16-17H,11-12H2,1-5H3,(H,21,22)/b8-6-,9-7-,15-10+. The van der Waals surface area contributed by atoms with Gasteiger partial charge in [-0.3, -0.25) is 4.79 Å². The average Bonchev–Trinajstić information content (AvgIpc) is 2.56. The molecule has 1 aliphatic heterocycles. The van der Waals surface area contributed by atoms with Crippen LogP contribution in [0.5, 0.6) is 0 Å². The first-order chi connectivity index (χ1) is 11.8. The first kappa shape index (κ1) is 20.7. The van der Waals surface area contributed by atoms with Crippen LogP contribution in [0.1, 0.15) is 40.5 Å². The molecule has 0 spiro atoms. The molecular weight excluding hydrogens is 318 g/mol. The van der Waals surface area contributed by atoms with Gasteiger partial charge in [-0.2, -0.15) is 0 Å². The van der Waals surface area contributed by atoms with Gasteiger partial charge in [0.15, 0.2) is 5.76 Å². The van der Waals surface area contributed by atoms with E-state index in [-0.39, 0.29) is 23.8 Å². The highest BCUT2D eigenvalue weighted by Crippen LogP contribution is 2.18. The lowest BCUT2D eigenvalue weighted by Gasteiger charge is -2.20. The van der Waals surface area contributed by atoms with Gasteiger partial charge < -0.3 is 14.8 Å². The third-order valence-corrected chi connectivity index (χ3v) is 4.05. The second-order valence-electron chi connectivity index (χ2n) is 6.48. The smallest absolute Gasteiger partial charge is 0.373 e. The monoisotopic (exact) mass is 347 g/mol. The molecule has 0 aromatic rings. The lowest BCUT2D eigenvalue weighted by molar-refractivity contribution is -0.149. The molecule has 0 aliphatic carbocycles. The van der Waals surface area contributed by atoms with Crippen LogP contribution in [0, 0.1) is 5.92 Å². The summed E-state index contributed by atoms with van der Waals surface area (Å²) in [7, 11) is 1.46. The van der Waals surface area contributed by atoms with Crippen molar-refractivity contribution in [3.8, 4) is 0 Å². The van der Waals surface area contributed by atoms with E-state index in [2.05, 4.69) is 19.2 Å². The summed E-state index contributed by atoms with van der Waals surface area (Å²) in [5.74, 6) is 0.168. The fourth-order valence-electron chi connectivity index (χ4n) is 2.07. The minimum absolute atomic E-state index is 0.0951. The number of amides is 1. The number of hydrogen-bond acceptors (Lipinski definition) is 4. The SMILES string of the molecule is COC1=CCC(C/C=C(C)/C=C\C=C/C(=O)NC(C)C(C)C)OC1=O. The van der Waals surface area contributed by atoms with E-state index in [1.54, 1.807) is 12.2 Å². The maximum absolute atomic E-state index is 11.7. The van der Waals surface area contributed by atoms with Gasteiger partial charge in [-0.05, 0) is 25.8 Å². The summed E-state index contributed by atoms with van der Waals surface area (Å²) in [5.41, 5.74) is 1.04. The molecule has 1 N–H and O–H groups in total. The Bertz CT molecular complexity index is 585. The van der Waals surface area contributed by atoms with E-state index in [4.69, 9.17) is 9.47 Å². The Balaban J connectivity index is 2.41. The zero-order chi connectivity index (χ0) is 18.8. The quantitative estimate of drug-likeness (QED) is 0.415. The zero-order valence-corrected chi connectivity index (χ0v) is 15.7. The number of carbonyl (C=O) groups excluding carboxylic acids is 2. The number of carbonyl (C=O) groups is 2. The Hall–Kier alpha value is -2.30. The van der Waals surface area contributed by atoms with Gasteiger partial charge >= 0.3 is 5.97 Å². The Kier molecular flexibility index (Phi) is 8.75. The molecule has 1 heterocycles. The molecule has 2 atom stereocenters. The number of nitrogens with one attached hydrogen (secondary N) is 1. The summed E-state index contributed by atoms with van der Waals surface area (Å²) in [6, 6.07) is 0.147. The van der Waals surface area contributed by atoms with Crippen molar-refractivity contribution in [2.24, 2.45) is 5.92 Å². The van der Waals surface area contributed by atoms with Gasteiger partial charge in [0.25, 0.3) is 0 Å². The van der Waals surface area contributed by atoms with Gasteiger partial charge in [0.1, 0.15) is 6.10 Å². The van der Waals surface area contributed by atoms with E-state index in [1.165, 1.54) is 13.2 Å². The van der Waals surface area contributed by atoms with Crippen LogP contribution in [0.25, 0.3) is 0 Å². The van der Waals surface area contributed by atoms with Gasteiger partial charge in [-0.1, -0.05) is 43.7 Å². The molecule has 2 unspecified atom stereocenters. The highest BCUT2D eigenvalue weighted by Gasteiger charge is 2.22. The second kappa shape index (κ2) is 10.5. The van der Waals surface area contributed by atoms with Gasteiger partial charge in [-0.25, -0.2) is 4.79 Å². The van der Waals surface area contributed by atoms with Crippen molar-refractivity contribution < 1.29 is 19.1 Å². The molecule has 1 amide bonds. The summed E-state index contributed by atoms with van der Waals surface area (Å²) in [5, 5.41) is 2.91. The van der Waals surface area contributed by atoms with E-state index in [0.717, 1.165) is 5.57 Å². The molecule has 5 nitrogen and oxygen atoms in total. The normalized spacial score (nSPS) is 19.9. The molecule has 0 aromatic heterocycles. The summed E-state index contributed by atoms with van der Waals surface area (Å²) in [4.78, 5) is 23.3. The zero-order valence-electron chi connectivity index (χ0n) is 15.7. The maximum atomic E-state index is 11.7. The molecule has 0 fully saturated rings. The van der Waals surface area contributed by atoms with Crippen molar-refractivity contribution in [2.45, 2.75) is 52.7 Å². The Morgan fingerprint density at radius 3 is 2.64 bits per heavy atom. The molecule has 5 heteroatoms. The van der Waals surface area contributed by atoms with Gasteiger partial charge in [0, 0.05) is 25.0 Å². The van der Waals surface area contributed by atoms with E-state index in [1.807, 2.05) is 32.1 Å². The predicted molar refractivity (Wildman–Crippen MR) is 98.7 cm³/mol. The lowest BCUT2D eigenvalue weighted by atomic mass is 10.1. The number of ether oxygens (including phenoxy) is 2. The number of cyclic esters (lactones) is 1. The fourth-order valence-corrected chi connectivity index (χ4v) is 2.07. The first-order valence-corrected chi connectivity index (χ1v) is 8.60. The molecule has 0 saturated heterocycles. The van der Waals surface area contributed by atoms with Crippen LogP contribution in [0.4, 0.5) is 0 Å². The molecule has 25 heavy (non-hydrogen) atoms. The average molecular weight is 347 g/mol. The van der Waals surface area contributed by atoms with Gasteiger partial charge in [-0.15, -0.1) is 0 Å². The third-order valence-electron chi connectivity index (χ3n) is 4.05. The van der Waals surface area contributed by atoms with Crippen LogP contribution in [0.15, 0.2) is 47.8 Å². The number of hydrogen-bond donors (Lipinski definition) is 1. The number of esters is 1. The minimum atomic E-state index is -0.412. The van der Waals surface area contributed by atoms with Crippen molar-refractivity contribution >= 4 is 11.9 Å². The van der Waals surface area contributed by atoms with Crippen molar-refractivity contribution in [3.05, 3.63) is 47.8 Å². The number of allylic oxidation sites excluding steroid dienone is 4. The summed E-state index contributed by atoms with van der Waals surface area (Å²) >= 11 is 0. The minimum Gasteiger partial charge on any atom is -0.490 e. The Morgan fingerprint density at radius 1 is 1.36 bits per heavy atom. The van der Waals surface area contributed by atoms with Crippen LogP contribution in [-0.2, 0) is 19.1 Å². The molecule has 1 aliphatic rings. The fraction of sp³-hybridized carbons (Fsp3) is 0.500. The Morgan fingerprint density at radius 2 is 2.04 bits per heavy atom. The third kappa shape index (κ3) is 7.88. The summed E-state index contributed by atoms with van der Waals surface area (Å²) in [6.07, 6.45) is 11.9. The van der Waals surface area contributed by atoms with Crippen LogP contribution in [0.2, 0.25) is 0 Å². The van der Waals surface area contributed by atoms with Crippen LogP contribution < -0.4 is 5.32 Å². The maximum Gasteiger partial charge on any atom is 0.373 e. The molecule has 0 saturated carbocycles. The molecule has 138 valence electrons. The van der Waals surface area contributed by atoms with Gasteiger partial charge in [0.2, 0.25) is 5.91 Å². The second-order valence-corrected chi connectivity index (χ2v) is 6.48. The van der Waals surface area contributed by atoms with E-state index >= 15 is 0 Å². The molecule has 0 radical (unpaired) electrons. The van der Waals surface area contributed by atoms with Gasteiger partial charge in [0.05, 0.1) is 7.11 Å². The van der Waals surface area contributed by atoms with Crippen LogP contribution >= 0.6 is 0 Å².